The first-order valence-corrected chi connectivity index (χ1v) is 6.33. The summed E-state index contributed by atoms with van der Waals surface area (Å²) >= 11 is 1.41. The van der Waals surface area contributed by atoms with Crippen molar-refractivity contribution in [3.8, 4) is 0 Å². The number of anilines is 1. The minimum absolute atomic E-state index is 0.299. The fraction of sp³-hybridized carbons (Fsp3) is 0.800. The van der Waals surface area contributed by atoms with Crippen LogP contribution in [0.25, 0.3) is 0 Å². The third-order valence-corrected chi connectivity index (χ3v) is 3.44. The summed E-state index contributed by atoms with van der Waals surface area (Å²) in [5.74, 6) is 0. The SMILES string of the molecule is CNc1snnc1CN1CC(C)OC(C)C1. The fourth-order valence-electron chi connectivity index (χ4n) is 2.13. The van der Waals surface area contributed by atoms with Crippen molar-refractivity contribution in [2.75, 3.05) is 25.5 Å². The summed E-state index contributed by atoms with van der Waals surface area (Å²) in [6.45, 7) is 7.00. The van der Waals surface area contributed by atoms with Crippen molar-refractivity contribution in [2.24, 2.45) is 0 Å². The number of nitrogens with zero attached hydrogens (tertiary/aromatic N) is 3. The number of nitrogens with one attached hydrogen (secondary N) is 1. The van der Waals surface area contributed by atoms with Crippen molar-refractivity contribution in [1.29, 1.82) is 0 Å². The molecule has 2 unspecified atom stereocenters. The predicted molar refractivity (Wildman–Crippen MR) is 64.7 cm³/mol. The number of morpholine rings is 1. The Morgan fingerprint density at radius 1 is 1.44 bits per heavy atom. The van der Waals surface area contributed by atoms with Crippen molar-refractivity contribution in [2.45, 2.75) is 32.6 Å². The highest BCUT2D eigenvalue weighted by molar-refractivity contribution is 7.10. The molecule has 16 heavy (non-hydrogen) atoms. The van der Waals surface area contributed by atoms with Crippen LogP contribution in [0.15, 0.2) is 0 Å². The Morgan fingerprint density at radius 3 is 2.75 bits per heavy atom. The second kappa shape index (κ2) is 5.07. The quantitative estimate of drug-likeness (QED) is 0.863. The first-order chi connectivity index (χ1) is 7.69. The Balaban J connectivity index is 1.98. The first kappa shape index (κ1) is 11.8. The lowest BCUT2D eigenvalue weighted by Gasteiger charge is -2.34. The normalized spacial score (nSPS) is 26.9. The molecule has 1 fully saturated rings. The molecule has 2 heterocycles. The van der Waals surface area contributed by atoms with Gasteiger partial charge in [-0.15, -0.1) is 5.10 Å². The minimum Gasteiger partial charge on any atom is -0.377 e. The minimum atomic E-state index is 0.299. The maximum Gasteiger partial charge on any atom is 0.134 e. The zero-order valence-corrected chi connectivity index (χ0v) is 10.8. The summed E-state index contributed by atoms with van der Waals surface area (Å²) in [4.78, 5) is 2.37. The smallest absolute Gasteiger partial charge is 0.134 e. The maximum atomic E-state index is 5.70. The molecule has 90 valence electrons. The summed E-state index contributed by atoms with van der Waals surface area (Å²) in [6, 6.07) is 0. The van der Waals surface area contributed by atoms with E-state index in [1.165, 1.54) is 11.5 Å². The Bertz CT molecular complexity index is 333. The van der Waals surface area contributed by atoms with Gasteiger partial charge in [-0.1, -0.05) is 4.49 Å². The third-order valence-electron chi connectivity index (χ3n) is 2.65. The molecule has 1 saturated heterocycles. The van der Waals surface area contributed by atoms with Crippen LogP contribution in [0.3, 0.4) is 0 Å². The van der Waals surface area contributed by atoms with Crippen molar-refractivity contribution in [3.05, 3.63) is 5.69 Å². The molecule has 1 aromatic heterocycles. The molecule has 0 aromatic carbocycles. The summed E-state index contributed by atoms with van der Waals surface area (Å²) in [7, 11) is 1.91. The van der Waals surface area contributed by atoms with E-state index in [0.717, 1.165) is 30.3 Å². The van der Waals surface area contributed by atoms with Gasteiger partial charge in [-0.2, -0.15) is 0 Å². The monoisotopic (exact) mass is 242 g/mol. The third kappa shape index (κ3) is 2.69. The standard InChI is InChI=1S/C10H18N4OS/c1-7-4-14(5-8(2)15-7)6-9-10(11-3)16-13-12-9/h7-8,11H,4-6H2,1-3H3. The molecule has 0 saturated carbocycles. The molecule has 1 aromatic rings. The Labute approximate surface area is 100.0 Å². The van der Waals surface area contributed by atoms with Gasteiger partial charge in [0.2, 0.25) is 0 Å². The van der Waals surface area contributed by atoms with Crippen LogP contribution in [-0.4, -0.2) is 46.8 Å². The number of ether oxygens (including phenoxy) is 1. The van der Waals surface area contributed by atoms with Gasteiger partial charge >= 0.3 is 0 Å². The molecule has 0 aliphatic carbocycles. The summed E-state index contributed by atoms with van der Waals surface area (Å²) in [5, 5.41) is 8.34. The summed E-state index contributed by atoms with van der Waals surface area (Å²) in [5.41, 5.74) is 1.04. The predicted octanol–water partition coefficient (Wildman–Crippen LogP) is 1.19. The van der Waals surface area contributed by atoms with Gasteiger partial charge in [0.15, 0.2) is 0 Å². The average molecular weight is 242 g/mol. The fourth-order valence-corrected chi connectivity index (χ4v) is 2.65. The van der Waals surface area contributed by atoms with Gasteiger partial charge in [0.25, 0.3) is 0 Å². The zero-order valence-electron chi connectivity index (χ0n) is 9.93. The van der Waals surface area contributed by atoms with Crippen molar-refractivity contribution >= 4 is 16.5 Å². The van der Waals surface area contributed by atoms with Gasteiger partial charge in [-0.05, 0) is 13.8 Å². The first-order valence-electron chi connectivity index (χ1n) is 5.56. The van der Waals surface area contributed by atoms with E-state index >= 15 is 0 Å². The van der Waals surface area contributed by atoms with Gasteiger partial charge in [0, 0.05) is 38.2 Å². The molecule has 2 atom stereocenters. The van der Waals surface area contributed by atoms with E-state index in [9.17, 15) is 0 Å². The van der Waals surface area contributed by atoms with Gasteiger partial charge in [-0.3, -0.25) is 4.90 Å². The summed E-state index contributed by atoms with van der Waals surface area (Å²) in [6.07, 6.45) is 0.599. The molecule has 1 N–H and O–H groups in total. The molecule has 0 radical (unpaired) electrons. The molecule has 1 aliphatic rings. The number of rotatable bonds is 3. The van der Waals surface area contributed by atoms with Crippen LogP contribution in [-0.2, 0) is 11.3 Å². The molecule has 0 amide bonds. The highest BCUT2D eigenvalue weighted by Gasteiger charge is 2.23. The van der Waals surface area contributed by atoms with Crippen LogP contribution < -0.4 is 5.32 Å². The van der Waals surface area contributed by atoms with E-state index in [-0.39, 0.29) is 0 Å². The zero-order chi connectivity index (χ0) is 11.5. The molecule has 5 nitrogen and oxygen atoms in total. The molecule has 0 bridgehead atoms. The summed E-state index contributed by atoms with van der Waals surface area (Å²) < 4.78 is 9.67. The van der Waals surface area contributed by atoms with Gasteiger partial charge in [0.1, 0.15) is 10.7 Å². The van der Waals surface area contributed by atoms with Crippen LogP contribution in [0.4, 0.5) is 5.00 Å². The maximum absolute atomic E-state index is 5.70. The molecule has 2 rings (SSSR count). The van der Waals surface area contributed by atoms with Gasteiger partial charge < -0.3 is 10.1 Å². The number of hydrogen-bond donors (Lipinski definition) is 1. The van der Waals surface area contributed by atoms with Crippen molar-refractivity contribution < 1.29 is 4.74 Å². The lowest BCUT2D eigenvalue weighted by molar-refractivity contribution is -0.0707. The van der Waals surface area contributed by atoms with Crippen LogP contribution >= 0.6 is 11.5 Å². The number of hydrogen-bond acceptors (Lipinski definition) is 6. The lowest BCUT2D eigenvalue weighted by atomic mass is 10.2. The average Bonchev–Trinajstić information content (AvgIpc) is 2.63. The Hall–Kier alpha value is -0.720. The van der Waals surface area contributed by atoms with Crippen LogP contribution in [0, 0.1) is 0 Å². The van der Waals surface area contributed by atoms with E-state index in [4.69, 9.17) is 4.74 Å². The van der Waals surface area contributed by atoms with Crippen molar-refractivity contribution in [1.82, 2.24) is 14.5 Å². The van der Waals surface area contributed by atoms with Gasteiger partial charge in [0.05, 0.1) is 12.2 Å². The second-order valence-electron chi connectivity index (χ2n) is 4.25. The van der Waals surface area contributed by atoms with Crippen LogP contribution in [0.2, 0.25) is 0 Å². The largest absolute Gasteiger partial charge is 0.377 e. The number of aromatic nitrogens is 2. The molecule has 6 heteroatoms. The van der Waals surface area contributed by atoms with Crippen LogP contribution in [0.1, 0.15) is 19.5 Å². The van der Waals surface area contributed by atoms with Crippen LogP contribution in [0.5, 0.6) is 0 Å². The topological polar surface area (TPSA) is 50.3 Å². The highest BCUT2D eigenvalue weighted by Crippen LogP contribution is 2.20. The van der Waals surface area contributed by atoms with Gasteiger partial charge in [-0.25, -0.2) is 0 Å². The van der Waals surface area contributed by atoms with Crippen molar-refractivity contribution in [3.63, 3.8) is 0 Å². The Morgan fingerprint density at radius 2 is 2.12 bits per heavy atom. The molecular formula is C10H18N4OS. The van der Waals surface area contributed by atoms with E-state index < -0.39 is 0 Å². The highest BCUT2D eigenvalue weighted by atomic mass is 32.1. The lowest BCUT2D eigenvalue weighted by Crippen LogP contribution is -2.44. The van der Waals surface area contributed by atoms with E-state index in [2.05, 4.69) is 33.7 Å². The van der Waals surface area contributed by atoms with E-state index in [1.807, 2.05) is 7.05 Å². The van der Waals surface area contributed by atoms with E-state index in [0.29, 0.717) is 12.2 Å². The Kier molecular flexibility index (Phi) is 3.73. The molecular weight excluding hydrogens is 224 g/mol. The molecule has 1 aliphatic heterocycles. The van der Waals surface area contributed by atoms with E-state index in [1.54, 1.807) is 0 Å². The second-order valence-corrected chi connectivity index (χ2v) is 5.00. The molecule has 0 spiro atoms.